The summed E-state index contributed by atoms with van der Waals surface area (Å²) in [6.07, 6.45) is 0. The molecule has 0 aliphatic heterocycles. The van der Waals surface area contributed by atoms with Gasteiger partial charge in [-0.25, -0.2) is 0 Å². The molecule has 184 valence electrons. The summed E-state index contributed by atoms with van der Waals surface area (Å²) in [7, 11) is 0. The van der Waals surface area contributed by atoms with Crippen molar-refractivity contribution in [3.05, 3.63) is 145 Å². The van der Waals surface area contributed by atoms with E-state index in [9.17, 15) is 0 Å². The highest BCUT2D eigenvalue weighted by atomic mass is 14.4. The maximum absolute atomic E-state index is 2.41. The van der Waals surface area contributed by atoms with E-state index in [-0.39, 0.29) is 5.41 Å². The van der Waals surface area contributed by atoms with Gasteiger partial charge in [0.2, 0.25) is 0 Å². The second kappa shape index (κ2) is 8.16. The van der Waals surface area contributed by atoms with E-state index in [0.717, 1.165) is 0 Å². The summed E-state index contributed by atoms with van der Waals surface area (Å²) in [5.41, 5.74) is 10.7. The summed E-state index contributed by atoms with van der Waals surface area (Å²) in [5.74, 6) is 0. The molecule has 7 aromatic rings. The summed E-state index contributed by atoms with van der Waals surface area (Å²) in [6.45, 7) is 4.69. The molecule has 0 atom stereocenters. The van der Waals surface area contributed by atoms with Crippen LogP contribution in [0.25, 0.3) is 65.7 Å². The van der Waals surface area contributed by atoms with Gasteiger partial charge in [-0.05, 0) is 101 Å². The Kier molecular flexibility index (Phi) is 4.67. The molecule has 8 rings (SSSR count). The van der Waals surface area contributed by atoms with Crippen LogP contribution in [-0.4, -0.2) is 0 Å². The first-order chi connectivity index (χ1) is 19.1. The second-order valence-corrected chi connectivity index (χ2v) is 11.4. The maximum Gasteiger partial charge on any atom is 0.0159 e. The van der Waals surface area contributed by atoms with Gasteiger partial charge in [0, 0.05) is 5.41 Å². The van der Waals surface area contributed by atoms with Crippen LogP contribution >= 0.6 is 0 Å². The van der Waals surface area contributed by atoms with E-state index in [0.29, 0.717) is 0 Å². The number of rotatable bonds is 2. The normalized spacial score (nSPS) is 13.6. The first kappa shape index (κ1) is 22.3. The molecule has 39 heavy (non-hydrogen) atoms. The largest absolute Gasteiger partial charge is 0.0619 e. The van der Waals surface area contributed by atoms with Gasteiger partial charge >= 0.3 is 0 Å². The van der Waals surface area contributed by atoms with Crippen molar-refractivity contribution < 1.29 is 0 Å². The zero-order valence-corrected chi connectivity index (χ0v) is 22.2. The second-order valence-electron chi connectivity index (χ2n) is 11.4. The summed E-state index contributed by atoms with van der Waals surface area (Å²) in [4.78, 5) is 0. The zero-order chi connectivity index (χ0) is 26.1. The number of hydrogen-bond donors (Lipinski definition) is 0. The third kappa shape index (κ3) is 3.31. The Morgan fingerprint density at radius 1 is 0.385 bits per heavy atom. The van der Waals surface area contributed by atoms with Crippen LogP contribution in [-0.2, 0) is 5.41 Å². The standard InChI is InChI=1S/C39H28/c1-39(2)36-14-8-7-13-33(36)34-20-19-29(24-37(34)39)25-15-17-26(18-16-25)38-32-12-6-5-11-30(32)22-31-21-27-9-3-4-10-28(27)23-35(31)38/h3-24H,1-2H3. The highest BCUT2D eigenvalue weighted by molar-refractivity contribution is 6.15. The molecular formula is C39H28. The summed E-state index contributed by atoms with van der Waals surface area (Å²) in [6, 6.07) is 49.5. The van der Waals surface area contributed by atoms with E-state index >= 15 is 0 Å². The SMILES string of the molecule is CC1(C)c2ccccc2-c2ccc(-c3ccc(-c4c5ccccc5cc5cc6ccccc6cc45)cc3)cc21. The van der Waals surface area contributed by atoms with Crippen LogP contribution in [0.4, 0.5) is 0 Å². The van der Waals surface area contributed by atoms with Crippen LogP contribution in [0.15, 0.2) is 133 Å². The van der Waals surface area contributed by atoms with Gasteiger partial charge in [0.25, 0.3) is 0 Å². The molecule has 0 bridgehead atoms. The fourth-order valence-corrected chi connectivity index (χ4v) is 6.78. The van der Waals surface area contributed by atoms with Crippen LogP contribution in [0.2, 0.25) is 0 Å². The van der Waals surface area contributed by atoms with Gasteiger partial charge in [0.15, 0.2) is 0 Å². The average molecular weight is 497 g/mol. The molecule has 0 heterocycles. The molecule has 0 unspecified atom stereocenters. The van der Waals surface area contributed by atoms with Gasteiger partial charge < -0.3 is 0 Å². The van der Waals surface area contributed by atoms with Gasteiger partial charge in [-0.2, -0.15) is 0 Å². The van der Waals surface area contributed by atoms with E-state index in [1.165, 1.54) is 76.8 Å². The van der Waals surface area contributed by atoms with Crippen LogP contribution in [0, 0.1) is 0 Å². The Bertz CT molecular complexity index is 2070. The summed E-state index contributed by atoms with van der Waals surface area (Å²) in [5, 5.41) is 7.72. The Balaban J connectivity index is 1.28. The fraction of sp³-hybridized carbons (Fsp3) is 0.0769. The first-order valence-corrected chi connectivity index (χ1v) is 13.8. The average Bonchev–Trinajstić information content (AvgIpc) is 3.21. The molecule has 0 radical (unpaired) electrons. The summed E-state index contributed by atoms with van der Waals surface area (Å²) < 4.78 is 0. The van der Waals surface area contributed by atoms with Crippen molar-refractivity contribution in [2.24, 2.45) is 0 Å². The zero-order valence-electron chi connectivity index (χ0n) is 22.2. The topological polar surface area (TPSA) is 0 Å². The monoisotopic (exact) mass is 496 g/mol. The molecule has 0 spiro atoms. The van der Waals surface area contributed by atoms with Crippen LogP contribution in [0.5, 0.6) is 0 Å². The Morgan fingerprint density at radius 3 is 1.79 bits per heavy atom. The predicted molar refractivity (Wildman–Crippen MR) is 167 cm³/mol. The third-order valence-electron chi connectivity index (χ3n) is 8.82. The van der Waals surface area contributed by atoms with Crippen LogP contribution in [0.1, 0.15) is 25.0 Å². The lowest BCUT2D eigenvalue weighted by molar-refractivity contribution is 0.660. The molecule has 0 saturated carbocycles. The summed E-state index contributed by atoms with van der Waals surface area (Å²) >= 11 is 0. The third-order valence-corrected chi connectivity index (χ3v) is 8.82. The molecular weight excluding hydrogens is 468 g/mol. The number of hydrogen-bond acceptors (Lipinski definition) is 0. The van der Waals surface area contributed by atoms with Crippen molar-refractivity contribution in [3.8, 4) is 33.4 Å². The molecule has 0 aromatic heterocycles. The van der Waals surface area contributed by atoms with Gasteiger partial charge in [0.05, 0.1) is 0 Å². The molecule has 1 aliphatic carbocycles. The molecule has 0 amide bonds. The lowest BCUT2D eigenvalue weighted by atomic mass is 9.81. The van der Waals surface area contributed by atoms with E-state index in [2.05, 4.69) is 147 Å². The molecule has 0 N–H and O–H groups in total. The van der Waals surface area contributed by atoms with Gasteiger partial charge in [-0.3, -0.25) is 0 Å². The van der Waals surface area contributed by atoms with Crippen molar-refractivity contribution in [3.63, 3.8) is 0 Å². The minimum atomic E-state index is 0.00647. The minimum Gasteiger partial charge on any atom is -0.0619 e. The Morgan fingerprint density at radius 2 is 0.974 bits per heavy atom. The highest BCUT2D eigenvalue weighted by Crippen LogP contribution is 2.49. The molecule has 0 nitrogen and oxygen atoms in total. The van der Waals surface area contributed by atoms with E-state index < -0.39 is 0 Å². The molecule has 0 saturated heterocycles. The van der Waals surface area contributed by atoms with Crippen molar-refractivity contribution in [1.29, 1.82) is 0 Å². The Hall–Kier alpha value is -4.68. The lowest BCUT2D eigenvalue weighted by Gasteiger charge is -2.22. The van der Waals surface area contributed by atoms with Gasteiger partial charge in [0.1, 0.15) is 0 Å². The minimum absolute atomic E-state index is 0.00647. The van der Waals surface area contributed by atoms with Gasteiger partial charge in [-0.15, -0.1) is 0 Å². The van der Waals surface area contributed by atoms with Crippen LogP contribution in [0.3, 0.4) is 0 Å². The van der Waals surface area contributed by atoms with Crippen molar-refractivity contribution in [2.75, 3.05) is 0 Å². The quantitative estimate of drug-likeness (QED) is 0.209. The van der Waals surface area contributed by atoms with Gasteiger partial charge in [-0.1, -0.05) is 123 Å². The van der Waals surface area contributed by atoms with Crippen molar-refractivity contribution in [1.82, 2.24) is 0 Å². The smallest absolute Gasteiger partial charge is 0.0159 e. The fourth-order valence-electron chi connectivity index (χ4n) is 6.78. The Labute approximate surface area is 229 Å². The number of fused-ring (bicyclic) bond motifs is 6. The predicted octanol–water partition coefficient (Wildman–Crippen LogP) is 10.8. The molecule has 0 fully saturated rings. The van der Waals surface area contributed by atoms with E-state index in [1.807, 2.05) is 0 Å². The first-order valence-electron chi connectivity index (χ1n) is 13.8. The molecule has 0 heteroatoms. The highest BCUT2D eigenvalue weighted by Gasteiger charge is 2.35. The van der Waals surface area contributed by atoms with E-state index in [4.69, 9.17) is 0 Å². The van der Waals surface area contributed by atoms with Crippen LogP contribution < -0.4 is 0 Å². The van der Waals surface area contributed by atoms with Crippen molar-refractivity contribution in [2.45, 2.75) is 19.3 Å². The van der Waals surface area contributed by atoms with Crippen molar-refractivity contribution >= 4 is 32.3 Å². The maximum atomic E-state index is 2.41. The lowest BCUT2D eigenvalue weighted by Crippen LogP contribution is -2.14. The molecule has 1 aliphatic rings. The van der Waals surface area contributed by atoms with E-state index in [1.54, 1.807) is 0 Å². The molecule has 7 aromatic carbocycles. The number of benzene rings is 7.